The zero-order chi connectivity index (χ0) is 18.0. The van der Waals surface area contributed by atoms with Gasteiger partial charge in [-0.1, -0.05) is 37.3 Å². The van der Waals surface area contributed by atoms with Crippen LogP contribution in [0.15, 0.2) is 30.3 Å². The number of benzene rings is 1. The topological polar surface area (TPSA) is 62.4 Å². The van der Waals surface area contributed by atoms with Crippen molar-refractivity contribution in [1.29, 1.82) is 0 Å². The highest BCUT2D eigenvalue weighted by atomic mass is 16.5. The molecule has 0 saturated heterocycles. The van der Waals surface area contributed by atoms with Gasteiger partial charge in [-0.25, -0.2) is 4.79 Å². The Morgan fingerprint density at radius 3 is 2.48 bits per heavy atom. The van der Waals surface area contributed by atoms with E-state index in [2.05, 4.69) is 4.98 Å². The van der Waals surface area contributed by atoms with Gasteiger partial charge >= 0.3 is 5.97 Å². The first-order valence-electron chi connectivity index (χ1n) is 8.71. The van der Waals surface area contributed by atoms with Gasteiger partial charge in [0.05, 0.1) is 12.7 Å². The highest BCUT2D eigenvalue weighted by Crippen LogP contribution is 2.31. The van der Waals surface area contributed by atoms with E-state index in [4.69, 9.17) is 4.74 Å². The van der Waals surface area contributed by atoms with Crippen molar-refractivity contribution < 1.29 is 14.3 Å². The Morgan fingerprint density at radius 1 is 1.24 bits per heavy atom. The predicted molar refractivity (Wildman–Crippen MR) is 95.6 cm³/mol. The van der Waals surface area contributed by atoms with Crippen molar-refractivity contribution in [1.82, 2.24) is 9.88 Å². The summed E-state index contributed by atoms with van der Waals surface area (Å²) in [6.07, 6.45) is 2.70. The van der Waals surface area contributed by atoms with Crippen molar-refractivity contribution in [3.05, 3.63) is 58.4 Å². The molecule has 1 aromatic heterocycles. The summed E-state index contributed by atoms with van der Waals surface area (Å²) in [5.41, 5.74) is 3.52. The van der Waals surface area contributed by atoms with Crippen LogP contribution in [0.4, 0.5) is 0 Å². The zero-order valence-electron chi connectivity index (χ0n) is 15.0. The Kier molecular flexibility index (Phi) is 4.93. The molecule has 3 rings (SSSR count). The summed E-state index contributed by atoms with van der Waals surface area (Å²) in [5.74, 6) is -0.445. The number of H-pyrrole nitrogens is 1. The van der Waals surface area contributed by atoms with E-state index in [-0.39, 0.29) is 11.9 Å². The Bertz CT molecular complexity index is 776. The van der Waals surface area contributed by atoms with E-state index >= 15 is 0 Å². The normalized spacial score (nSPS) is 13.6. The summed E-state index contributed by atoms with van der Waals surface area (Å²) in [4.78, 5) is 30.4. The van der Waals surface area contributed by atoms with E-state index < -0.39 is 5.97 Å². The smallest absolute Gasteiger partial charge is 0.339 e. The molecule has 0 aliphatic heterocycles. The van der Waals surface area contributed by atoms with Crippen molar-refractivity contribution in [2.45, 2.75) is 45.7 Å². The monoisotopic (exact) mass is 340 g/mol. The van der Waals surface area contributed by atoms with Crippen LogP contribution >= 0.6 is 0 Å². The number of nitrogens with zero attached hydrogens (tertiary/aromatic N) is 1. The number of hydrogen-bond acceptors (Lipinski definition) is 3. The predicted octanol–water partition coefficient (Wildman–Crippen LogP) is 3.48. The molecule has 25 heavy (non-hydrogen) atoms. The number of methoxy groups -OCH3 is 1. The van der Waals surface area contributed by atoms with Crippen LogP contribution in [0.1, 0.15) is 57.4 Å². The van der Waals surface area contributed by atoms with E-state index in [9.17, 15) is 9.59 Å². The molecule has 0 unspecified atom stereocenters. The number of amides is 1. The van der Waals surface area contributed by atoms with Gasteiger partial charge in [0.1, 0.15) is 5.69 Å². The lowest BCUT2D eigenvalue weighted by Crippen LogP contribution is -2.33. The summed E-state index contributed by atoms with van der Waals surface area (Å²) in [7, 11) is 1.36. The number of ether oxygens (including phenoxy) is 1. The summed E-state index contributed by atoms with van der Waals surface area (Å²) in [6.45, 7) is 4.34. The molecule has 0 bridgehead atoms. The van der Waals surface area contributed by atoms with Crippen molar-refractivity contribution >= 4 is 11.9 Å². The number of aromatic nitrogens is 1. The molecule has 0 spiro atoms. The molecule has 1 aliphatic rings. The third-order valence-corrected chi connectivity index (χ3v) is 4.73. The Balaban J connectivity index is 1.92. The molecular formula is C20H24N2O3. The lowest BCUT2D eigenvalue weighted by atomic mass is 10.1. The number of aryl methyl sites for hydroxylation is 1. The highest BCUT2D eigenvalue weighted by Gasteiger charge is 2.35. The molecule has 1 saturated carbocycles. The number of hydrogen-bond donors (Lipinski definition) is 1. The van der Waals surface area contributed by atoms with Crippen LogP contribution in [-0.2, 0) is 17.7 Å². The van der Waals surface area contributed by atoms with Gasteiger partial charge in [-0.2, -0.15) is 0 Å². The quantitative estimate of drug-likeness (QED) is 0.819. The van der Waals surface area contributed by atoms with Crippen LogP contribution in [-0.4, -0.2) is 34.9 Å². The third-order valence-electron chi connectivity index (χ3n) is 4.73. The minimum absolute atomic E-state index is 0.0475. The lowest BCUT2D eigenvalue weighted by molar-refractivity contribution is 0.0599. The lowest BCUT2D eigenvalue weighted by Gasteiger charge is -2.22. The van der Waals surface area contributed by atoms with Gasteiger partial charge in [0.15, 0.2) is 0 Å². The second kappa shape index (κ2) is 7.13. The Hall–Kier alpha value is -2.56. The fourth-order valence-electron chi connectivity index (χ4n) is 3.19. The first-order valence-corrected chi connectivity index (χ1v) is 8.71. The summed E-state index contributed by atoms with van der Waals surface area (Å²) >= 11 is 0. The second-order valence-electron chi connectivity index (χ2n) is 6.47. The van der Waals surface area contributed by atoms with Gasteiger partial charge < -0.3 is 14.6 Å². The molecule has 0 radical (unpaired) electrons. The van der Waals surface area contributed by atoms with E-state index in [1.165, 1.54) is 7.11 Å². The van der Waals surface area contributed by atoms with Crippen molar-refractivity contribution in [2.75, 3.05) is 7.11 Å². The number of aromatic amines is 1. The van der Waals surface area contributed by atoms with E-state index in [0.717, 1.165) is 24.1 Å². The first-order chi connectivity index (χ1) is 12.1. The minimum Gasteiger partial charge on any atom is -0.465 e. The van der Waals surface area contributed by atoms with Crippen molar-refractivity contribution in [3.63, 3.8) is 0 Å². The van der Waals surface area contributed by atoms with E-state index in [0.29, 0.717) is 29.8 Å². The maximum Gasteiger partial charge on any atom is 0.339 e. The molecule has 1 aliphatic carbocycles. The summed E-state index contributed by atoms with van der Waals surface area (Å²) in [5, 5.41) is 0. The first kappa shape index (κ1) is 17.3. The van der Waals surface area contributed by atoms with E-state index in [1.54, 1.807) is 0 Å². The van der Waals surface area contributed by atoms with Crippen LogP contribution in [0.25, 0.3) is 0 Å². The fraction of sp³-hybridized carbons (Fsp3) is 0.400. The number of esters is 1. The molecular weight excluding hydrogens is 316 g/mol. The van der Waals surface area contributed by atoms with Crippen LogP contribution in [0.3, 0.4) is 0 Å². The number of carbonyl (C=O) groups is 2. The molecule has 1 amide bonds. The molecule has 1 N–H and O–H groups in total. The second-order valence-corrected chi connectivity index (χ2v) is 6.47. The molecule has 1 aromatic carbocycles. The molecule has 5 nitrogen and oxygen atoms in total. The van der Waals surface area contributed by atoms with Crippen LogP contribution in [0.2, 0.25) is 0 Å². The number of nitrogens with one attached hydrogen (secondary N) is 1. The van der Waals surface area contributed by atoms with Gasteiger partial charge in [0.2, 0.25) is 0 Å². The summed E-state index contributed by atoms with van der Waals surface area (Å²) < 4.78 is 4.88. The SMILES string of the molecule is CCc1[nH]c(C(=O)N(Cc2ccccc2)C2CC2)c(C)c1C(=O)OC. The Morgan fingerprint density at radius 2 is 1.92 bits per heavy atom. The fourth-order valence-corrected chi connectivity index (χ4v) is 3.19. The van der Waals surface area contributed by atoms with Gasteiger partial charge in [0.25, 0.3) is 5.91 Å². The third kappa shape index (κ3) is 3.45. The van der Waals surface area contributed by atoms with Gasteiger partial charge in [0, 0.05) is 18.3 Å². The van der Waals surface area contributed by atoms with Crippen LogP contribution in [0, 0.1) is 6.92 Å². The Labute approximate surface area is 148 Å². The van der Waals surface area contributed by atoms with Gasteiger partial charge in [-0.15, -0.1) is 0 Å². The van der Waals surface area contributed by atoms with Crippen LogP contribution < -0.4 is 0 Å². The molecule has 1 heterocycles. The van der Waals surface area contributed by atoms with Gasteiger partial charge in [-0.05, 0) is 37.3 Å². The zero-order valence-corrected chi connectivity index (χ0v) is 15.0. The minimum atomic E-state index is -0.398. The summed E-state index contributed by atoms with van der Waals surface area (Å²) in [6, 6.07) is 10.3. The molecule has 1 fully saturated rings. The average Bonchev–Trinajstić information content (AvgIpc) is 3.42. The van der Waals surface area contributed by atoms with Crippen LogP contribution in [0.5, 0.6) is 0 Å². The average molecular weight is 340 g/mol. The molecule has 132 valence electrons. The standard InChI is InChI=1S/C20H24N2O3/c1-4-16-17(20(24)25-3)13(2)18(21-16)19(23)22(15-10-11-15)12-14-8-6-5-7-9-14/h5-9,15,21H,4,10-12H2,1-3H3. The number of carbonyl (C=O) groups excluding carboxylic acids is 2. The molecule has 5 heteroatoms. The van der Waals surface area contributed by atoms with E-state index in [1.807, 2.05) is 49.1 Å². The molecule has 2 aromatic rings. The molecule has 0 atom stereocenters. The van der Waals surface area contributed by atoms with Crippen molar-refractivity contribution in [3.8, 4) is 0 Å². The maximum absolute atomic E-state index is 13.2. The van der Waals surface area contributed by atoms with Crippen molar-refractivity contribution in [2.24, 2.45) is 0 Å². The highest BCUT2D eigenvalue weighted by molar-refractivity contribution is 6.00. The largest absolute Gasteiger partial charge is 0.465 e. The van der Waals surface area contributed by atoms with Gasteiger partial charge in [-0.3, -0.25) is 4.79 Å². The number of rotatable bonds is 6. The maximum atomic E-state index is 13.2.